The Hall–Kier alpha value is -5.96. The maximum Gasteiger partial charge on any atom is 0.0468 e. The highest BCUT2D eigenvalue weighted by Crippen LogP contribution is 2.57. The Bertz CT molecular complexity index is 2770. The van der Waals surface area contributed by atoms with Crippen LogP contribution in [0, 0.1) is 0 Å². The standard InChI is InChI=1S/C49H35NS/c1-49(2)42-27-26-39(30-41(42)47-43(49)31-45-48(40-22-11-12-23-44(40)51-45)46(47)34-17-7-4-8-18-34)50(38-25-24-33-16-9-10-19-35(33)29-38)37-21-13-20-36(28-37)32-14-5-3-6-15-32/h3-31H,1-2H3. The zero-order valence-electron chi connectivity index (χ0n) is 28.6. The first-order chi connectivity index (χ1) is 25.0. The van der Waals surface area contributed by atoms with Gasteiger partial charge in [-0.2, -0.15) is 0 Å². The second-order valence-electron chi connectivity index (χ2n) is 14.1. The molecular weight excluding hydrogens is 635 g/mol. The lowest BCUT2D eigenvalue weighted by atomic mass is 9.81. The van der Waals surface area contributed by atoms with Crippen LogP contribution in [0.3, 0.4) is 0 Å². The smallest absolute Gasteiger partial charge is 0.0468 e. The highest BCUT2D eigenvalue weighted by Gasteiger charge is 2.39. The van der Waals surface area contributed by atoms with E-state index in [-0.39, 0.29) is 5.41 Å². The van der Waals surface area contributed by atoms with Crippen molar-refractivity contribution in [2.24, 2.45) is 0 Å². The van der Waals surface area contributed by atoms with Crippen molar-refractivity contribution in [2.75, 3.05) is 4.90 Å². The van der Waals surface area contributed by atoms with Crippen LogP contribution in [-0.2, 0) is 5.41 Å². The zero-order valence-corrected chi connectivity index (χ0v) is 29.4. The molecule has 242 valence electrons. The van der Waals surface area contributed by atoms with E-state index >= 15 is 0 Å². The minimum Gasteiger partial charge on any atom is -0.310 e. The van der Waals surface area contributed by atoms with Crippen molar-refractivity contribution in [1.29, 1.82) is 0 Å². The number of benzene rings is 8. The maximum absolute atomic E-state index is 2.49. The molecule has 0 bridgehead atoms. The first-order valence-electron chi connectivity index (χ1n) is 17.7. The van der Waals surface area contributed by atoms with E-state index in [1.807, 2.05) is 11.3 Å². The van der Waals surface area contributed by atoms with Gasteiger partial charge in [0.1, 0.15) is 0 Å². The van der Waals surface area contributed by atoms with Gasteiger partial charge in [0.25, 0.3) is 0 Å². The molecule has 0 fully saturated rings. The Morgan fingerprint density at radius 3 is 1.90 bits per heavy atom. The number of rotatable bonds is 5. The van der Waals surface area contributed by atoms with Crippen molar-refractivity contribution >= 4 is 59.3 Å². The minimum atomic E-state index is -0.155. The van der Waals surface area contributed by atoms with Crippen LogP contribution < -0.4 is 4.90 Å². The summed E-state index contributed by atoms with van der Waals surface area (Å²) >= 11 is 1.91. The van der Waals surface area contributed by atoms with Crippen LogP contribution >= 0.6 is 11.3 Å². The Morgan fingerprint density at radius 2 is 1.08 bits per heavy atom. The van der Waals surface area contributed by atoms with Crippen LogP contribution in [0.1, 0.15) is 25.0 Å². The summed E-state index contributed by atoms with van der Waals surface area (Å²) in [7, 11) is 0. The third-order valence-corrected chi connectivity index (χ3v) is 11.9. The molecule has 0 amide bonds. The van der Waals surface area contributed by atoms with Crippen LogP contribution in [0.5, 0.6) is 0 Å². The van der Waals surface area contributed by atoms with Gasteiger partial charge < -0.3 is 4.90 Å². The molecule has 1 heterocycles. The molecule has 51 heavy (non-hydrogen) atoms. The fourth-order valence-electron chi connectivity index (χ4n) is 8.34. The molecule has 2 heteroatoms. The van der Waals surface area contributed by atoms with Crippen LogP contribution in [0.2, 0.25) is 0 Å². The molecule has 0 unspecified atom stereocenters. The van der Waals surface area contributed by atoms with Crippen molar-refractivity contribution < 1.29 is 0 Å². The summed E-state index contributed by atoms with van der Waals surface area (Å²) < 4.78 is 2.69. The highest BCUT2D eigenvalue weighted by atomic mass is 32.1. The molecule has 0 spiro atoms. The lowest BCUT2D eigenvalue weighted by molar-refractivity contribution is 0.661. The second kappa shape index (κ2) is 11.6. The fourth-order valence-corrected chi connectivity index (χ4v) is 9.49. The predicted octanol–water partition coefficient (Wildman–Crippen LogP) is 14.3. The number of anilines is 3. The molecule has 0 aliphatic heterocycles. The van der Waals surface area contributed by atoms with Gasteiger partial charge in [-0.15, -0.1) is 11.3 Å². The molecule has 1 aliphatic carbocycles. The number of nitrogens with zero attached hydrogens (tertiary/aromatic N) is 1. The van der Waals surface area contributed by atoms with Crippen molar-refractivity contribution in [3.05, 3.63) is 187 Å². The van der Waals surface area contributed by atoms with Crippen LogP contribution in [-0.4, -0.2) is 0 Å². The first kappa shape index (κ1) is 29.9. The van der Waals surface area contributed by atoms with Gasteiger partial charge in [-0.05, 0) is 104 Å². The maximum atomic E-state index is 2.49. The molecule has 1 nitrogen and oxygen atoms in total. The van der Waals surface area contributed by atoms with Crippen LogP contribution in [0.15, 0.2) is 176 Å². The first-order valence-corrected chi connectivity index (χ1v) is 18.5. The Labute approximate surface area is 302 Å². The number of hydrogen-bond acceptors (Lipinski definition) is 2. The van der Waals surface area contributed by atoms with E-state index < -0.39 is 0 Å². The molecule has 1 aromatic heterocycles. The van der Waals surface area contributed by atoms with Gasteiger partial charge in [0.05, 0.1) is 0 Å². The van der Waals surface area contributed by atoms with Gasteiger partial charge in [0.2, 0.25) is 0 Å². The van der Waals surface area contributed by atoms with Crippen molar-refractivity contribution in [3.8, 4) is 33.4 Å². The average molecular weight is 670 g/mol. The third kappa shape index (κ3) is 4.75. The highest BCUT2D eigenvalue weighted by molar-refractivity contribution is 7.26. The van der Waals surface area contributed by atoms with E-state index in [9.17, 15) is 0 Å². The van der Waals surface area contributed by atoms with Gasteiger partial charge >= 0.3 is 0 Å². The van der Waals surface area contributed by atoms with Gasteiger partial charge in [-0.3, -0.25) is 0 Å². The molecule has 1 aliphatic rings. The third-order valence-electron chi connectivity index (χ3n) is 10.8. The van der Waals surface area contributed by atoms with E-state index in [1.165, 1.54) is 75.5 Å². The summed E-state index contributed by atoms with van der Waals surface area (Å²) in [6, 6.07) is 64.7. The quantitative estimate of drug-likeness (QED) is 0.176. The topological polar surface area (TPSA) is 3.24 Å². The fraction of sp³-hybridized carbons (Fsp3) is 0.0612. The number of fused-ring (bicyclic) bond motifs is 7. The van der Waals surface area contributed by atoms with E-state index in [2.05, 4.69) is 195 Å². The summed E-state index contributed by atoms with van der Waals surface area (Å²) in [5.74, 6) is 0. The number of hydrogen-bond donors (Lipinski definition) is 0. The zero-order chi connectivity index (χ0) is 34.1. The Kier molecular flexibility index (Phi) is 6.78. The molecule has 0 N–H and O–H groups in total. The monoisotopic (exact) mass is 669 g/mol. The van der Waals surface area contributed by atoms with E-state index in [1.54, 1.807) is 0 Å². The van der Waals surface area contributed by atoms with Gasteiger partial charge in [0, 0.05) is 42.6 Å². The molecule has 8 aromatic carbocycles. The van der Waals surface area contributed by atoms with Crippen molar-refractivity contribution in [2.45, 2.75) is 19.3 Å². The largest absolute Gasteiger partial charge is 0.310 e. The SMILES string of the molecule is CC1(C)c2ccc(N(c3cccc(-c4ccccc4)c3)c3ccc4ccccc4c3)cc2-c2c1cc1sc3ccccc3c1c2-c1ccccc1. The summed E-state index contributed by atoms with van der Waals surface area (Å²) in [4.78, 5) is 2.44. The molecular formula is C49H35NS. The molecule has 0 atom stereocenters. The average Bonchev–Trinajstić information content (AvgIpc) is 3.66. The van der Waals surface area contributed by atoms with Crippen LogP contribution in [0.25, 0.3) is 64.3 Å². The molecule has 9 aromatic rings. The molecule has 0 radical (unpaired) electrons. The summed E-state index contributed by atoms with van der Waals surface area (Å²) in [5.41, 5.74) is 13.7. The van der Waals surface area contributed by atoms with E-state index in [0.717, 1.165) is 17.1 Å². The molecule has 0 saturated carbocycles. The molecule has 10 rings (SSSR count). The van der Waals surface area contributed by atoms with Crippen LogP contribution in [0.4, 0.5) is 17.1 Å². The van der Waals surface area contributed by atoms with Crippen molar-refractivity contribution in [1.82, 2.24) is 0 Å². The predicted molar refractivity (Wildman–Crippen MR) is 220 cm³/mol. The summed E-state index contributed by atoms with van der Waals surface area (Å²) in [6.45, 7) is 4.80. The van der Waals surface area contributed by atoms with Gasteiger partial charge in [0.15, 0.2) is 0 Å². The normalized spacial score (nSPS) is 13.1. The summed E-state index contributed by atoms with van der Waals surface area (Å²) in [6.07, 6.45) is 0. The lowest BCUT2D eigenvalue weighted by Gasteiger charge is -2.28. The van der Waals surface area contributed by atoms with E-state index in [4.69, 9.17) is 0 Å². The van der Waals surface area contributed by atoms with Gasteiger partial charge in [-0.1, -0.05) is 141 Å². The summed E-state index contributed by atoms with van der Waals surface area (Å²) in [5, 5.41) is 5.15. The Morgan fingerprint density at radius 1 is 0.431 bits per heavy atom. The number of thiophene rings is 1. The van der Waals surface area contributed by atoms with E-state index in [0.29, 0.717) is 0 Å². The lowest BCUT2D eigenvalue weighted by Crippen LogP contribution is -2.15. The molecule has 0 saturated heterocycles. The Balaban J connectivity index is 1.25. The minimum absolute atomic E-state index is 0.155. The second-order valence-corrected chi connectivity index (χ2v) is 15.2. The van der Waals surface area contributed by atoms with Gasteiger partial charge in [-0.25, -0.2) is 0 Å². The van der Waals surface area contributed by atoms with Crippen molar-refractivity contribution in [3.63, 3.8) is 0 Å².